The number of nitrogens with zero attached hydrogens (tertiary/aromatic N) is 2. The van der Waals surface area contributed by atoms with Crippen LogP contribution in [-0.2, 0) is 85.5 Å². The lowest BCUT2D eigenvalue weighted by atomic mass is 9.97. The Kier molecular flexibility index (Phi) is 49.8. The molecule has 10 amide bonds. The number of ether oxygens (including phenoxy) is 6. The van der Waals surface area contributed by atoms with E-state index in [0.29, 0.717) is 129 Å². The zero-order chi connectivity index (χ0) is 81.6. The fourth-order valence-corrected chi connectivity index (χ4v) is 12.8. The Morgan fingerprint density at radius 2 is 0.664 bits per heavy atom. The van der Waals surface area contributed by atoms with Gasteiger partial charge in [-0.2, -0.15) is 0 Å². The van der Waals surface area contributed by atoms with Crippen molar-refractivity contribution in [3.63, 3.8) is 0 Å². The lowest BCUT2D eigenvalue weighted by Gasteiger charge is -2.42. The van der Waals surface area contributed by atoms with Gasteiger partial charge in [0.15, 0.2) is 32.3 Å². The number of hydrogen-bond donors (Lipinski definition) is 18. The molecule has 16 atom stereocenters. The Labute approximate surface area is 644 Å². The van der Waals surface area contributed by atoms with Crippen LogP contribution in [0.15, 0.2) is 0 Å². The standard InChI is InChI=1S/C71H129N10O28P/c1-46(85)77-59-65(98)62(95)50(42-82)107-69(59)103-39-18-12-26-55(91)72-30-15-6-9-24-53(89)75-33-21-35-80(58(94)29-11-8-17-32-74-57(93)28-14-20-41-105-71-61(79-48(3)87)67(100)64(97)52(44-84)109-71)37-23-38-81(68(101)49(88)45-106-110(4,5)102)36-22-34-76-54(90)25-10-7-16-31-73-56(92)27-13-19-40-104-70-60(78-47(2)86)66(99)63(96)51(43-83)108-70/h49-52,59-67,69-71,82-84,88,95-100H,6-45H2,1-5H3,(H,72,91)(H,73,92)(H,74,93)(H,75,89)(H,76,90)(H,77,85)(H,78,86)(H,79,87)/t49?,50?,51?,52?,59?,60?,61?,62-,63-,64-,65+,66+,67+,69+,70+,71+/m0/s1. The zero-order valence-corrected chi connectivity index (χ0v) is 65.6. The largest absolute Gasteiger partial charge is 0.394 e. The minimum Gasteiger partial charge on any atom is -0.394 e. The second kappa shape index (κ2) is 55.7. The first-order chi connectivity index (χ1) is 52.4. The van der Waals surface area contributed by atoms with Gasteiger partial charge < -0.3 is 136 Å². The summed E-state index contributed by atoms with van der Waals surface area (Å²) in [5.74, 6) is -3.30. The van der Waals surface area contributed by atoms with Gasteiger partial charge in [-0.15, -0.1) is 0 Å². The van der Waals surface area contributed by atoms with Crippen molar-refractivity contribution in [1.82, 2.24) is 52.3 Å². The monoisotopic (exact) mass is 1600 g/mol. The van der Waals surface area contributed by atoms with E-state index in [1.54, 1.807) is 4.90 Å². The molecule has 636 valence electrons. The fraction of sp³-hybridized carbons (Fsp3) is 0.859. The maximum atomic E-state index is 13.9. The first-order valence-electron chi connectivity index (χ1n) is 38.7. The van der Waals surface area contributed by atoms with Gasteiger partial charge in [-0.05, 0) is 96.3 Å². The third-order valence-electron chi connectivity index (χ3n) is 18.4. The predicted molar refractivity (Wildman–Crippen MR) is 394 cm³/mol. The van der Waals surface area contributed by atoms with Gasteiger partial charge >= 0.3 is 0 Å². The molecular weight excluding hydrogens is 1470 g/mol. The van der Waals surface area contributed by atoms with Gasteiger partial charge in [0.05, 0.1) is 26.4 Å². The number of aliphatic hydroxyl groups is 10. The molecule has 3 aliphatic rings. The van der Waals surface area contributed by atoms with Crippen molar-refractivity contribution in [2.24, 2.45) is 0 Å². The third-order valence-corrected chi connectivity index (χ3v) is 19.2. The molecule has 3 rings (SSSR count). The van der Waals surface area contributed by atoms with E-state index in [0.717, 1.165) is 0 Å². The summed E-state index contributed by atoms with van der Waals surface area (Å²) in [6, 6.07) is -3.23. The number of carbonyl (C=O) groups excluding carboxylic acids is 10. The van der Waals surface area contributed by atoms with E-state index in [1.165, 1.54) is 39.0 Å². The maximum absolute atomic E-state index is 13.9. The van der Waals surface area contributed by atoms with Crippen LogP contribution in [0.4, 0.5) is 0 Å². The van der Waals surface area contributed by atoms with Crippen molar-refractivity contribution in [3.05, 3.63) is 0 Å². The normalized spacial score (nSPS) is 24.3. The average molecular weight is 1600 g/mol. The molecule has 0 radical (unpaired) electrons. The quantitative estimate of drug-likeness (QED) is 0.0206. The number of hydrogen-bond acceptors (Lipinski definition) is 28. The minimum absolute atomic E-state index is 0.0846. The van der Waals surface area contributed by atoms with Crippen LogP contribution in [0.2, 0.25) is 0 Å². The van der Waals surface area contributed by atoms with Crippen molar-refractivity contribution in [2.45, 2.75) is 273 Å². The van der Waals surface area contributed by atoms with Crippen LogP contribution in [0.25, 0.3) is 0 Å². The molecule has 18 N–H and O–H groups in total. The van der Waals surface area contributed by atoms with Gasteiger partial charge in [-0.3, -0.25) is 52.5 Å². The number of unbranched alkanes of at least 4 members (excludes halogenated alkanes) is 9. The minimum atomic E-state index is -3.09. The van der Waals surface area contributed by atoms with Gasteiger partial charge in [-0.1, -0.05) is 19.3 Å². The number of carbonyl (C=O) groups is 10. The molecule has 3 aliphatic heterocycles. The molecule has 0 aliphatic carbocycles. The maximum Gasteiger partial charge on any atom is 0.253 e. The van der Waals surface area contributed by atoms with Crippen LogP contribution in [0.5, 0.6) is 0 Å². The Balaban J connectivity index is 1.46. The highest BCUT2D eigenvalue weighted by Gasteiger charge is 2.48. The molecule has 3 fully saturated rings. The van der Waals surface area contributed by atoms with E-state index >= 15 is 0 Å². The molecule has 0 spiro atoms. The summed E-state index contributed by atoms with van der Waals surface area (Å²) >= 11 is 0. The highest BCUT2D eigenvalue weighted by atomic mass is 31.2. The Morgan fingerprint density at radius 3 is 0.973 bits per heavy atom. The van der Waals surface area contributed by atoms with Crippen molar-refractivity contribution < 1.29 is 137 Å². The van der Waals surface area contributed by atoms with Crippen LogP contribution in [0.3, 0.4) is 0 Å². The molecule has 3 heterocycles. The number of aliphatic hydroxyl groups excluding tert-OH is 10. The van der Waals surface area contributed by atoms with Crippen molar-refractivity contribution in [3.8, 4) is 0 Å². The van der Waals surface area contributed by atoms with Crippen molar-refractivity contribution in [1.29, 1.82) is 0 Å². The van der Waals surface area contributed by atoms with Crippen LogP contribution in [0.1, 0.15) is 175 Å². The molecule has 0 aromatic heterocycles. The Hall–Kier alpha value is -5.75. The molecule has 0 bridgehead atoms. The summed E-state index contributed by atoms with van der Waals surface area (Å²) in [6.45, 7) is 6.66. The molecule has 38 nitrogen and oxygen atoms in total. The van der Waals surface area contributed by atoms with Crippen LogP contribution in [-0.4, -0.2) is 336 Å². The van der Waals surface area contributed by atoms with Crippen LogP contribution in [0, 0.1) is 0 Å². The van der Waals surface area contributed by atoms with Crippen LogP contribution < -0.4 is 42.5 Å². The van der Waals surface area contributed by atoms with Gasteiger partial charge in [0.2, 0.25) is 53.2 Å². The molecule has 0 saturated carbocycles. The topological polar surface area (TPSA) is 557 Å². The summed E-state index contributed by atoms with van der Waals surface area (Å²) in [7, 11) is -3.09. The predicted octanol–water partition coefficient (Wildman–Crippen LogP) is -3.62. The molecule has 7 unspecified atom stereocenters. The molecule has 39 heteroatoms. The van der Waals surface area contributed by atoms with E-state index < -0.39 is 155 Å². The summed E-state index contributed by atoms with van der Waals surface area (Å²) in [4.78, 5) is 129. The van der Waals surface area contributed by atoms with Gasteiger partial charge in [0.1, 0.15) is 73.1 Å². The summed E-state index contributed by atoms with van der Waals surface area (Å²) < 4.78 is 51.5. The smallest absolute Gasteiger partial charge is 0.253 e. The van der Waals surface area contributed by atoms with Gasteiger partial charge in [0, 0.05) is 151 Å². The Bertz CT molecular complexity index is 2770. The molecule has 0 aromatic rings. The molecule has 0 aromatic carbocycles. The number of nitrogens with one attached hydrogen (secondary N) is 8. The van der Waals surface area contributed by atoms with Crippen LogP contribution >= 0.6 is 7.37 Å². The highest BCUT2D eigenvalue weighted by molar-refractivity contribution is 7.57. The van der Waals surface area contributed by atoms with Crippen molar-refractivity contribution in [2.75, 3.05) is 118 Å². The average Bonchev–Trinajstić information content (AvgIpc) is 0.820. The molecule has 110 heavy (non-hydrogen) atoms. The summed E-state index contributed by atoms with van der Waals surface area (Å²) in [5.41, 5.74) is 0. The van der Waals surface area contributed by atoms with Gasteiger partial charge in [-0.25, -0.2) is 0 Å². The lowest BCUT2D eigenvalue weighted by Crippen LogP contribution is -2.64. The molecule has 3 saturated heterocycles. The summed E-state index contributed by atoms with van der Waals surface area (Å²) in [5, 5.41) is 124. The first-order valence-corrected chi connectivity index (χ1v) is 41.2. The first kappa shape index (κ1) is 98.4. The van der Waals surface area contributed by atoms with E-state index in [9.17, 15) is 104 Å². The number of amides is 10. The van der Waals surface area contributed by atoms with E-state index in [4.69, 9.17) is 32.9 Å². The third kappa shape index (κ3) is 40.3. The van der Waals surface area contributed by atoms with Crippen molar-refractivity contribution >= 4 is 66.4 Å². The van der Waals surface area contributed by atoms with E-state index in [-0.39, 0.29) is 139 Å². The zero-order valence-electron chi connectivity index (χ0n) is 64.7. The molecular formula is C71H129N10O28P. The fourth-order valence-electron chi connectivity index (χ4n) is 12.3. The van der Waals surface area contributed by atoms with E-state index in [2.05, 4.69) is 42.5 Å². The lowest BCUT2D eigenvalue weighted by molar-refractivity contribution is -0.270. The SMILES string of the molecule is CC(=O)NC1[C@H](OCCCCC(=O)NCCCCCC(=O)NCCCN(CCCN(CCCNC(=O)CCCCCNC(=O)CCCCO[C@@H]2OC(CO)[C@H](O)[C@H](O)C2NC(C)=O)C(=O)C(O)COP(C)(C)=O)C(=O)CCCCCNC(=O)CCCCO[C@@H]2OC(CO)[C@H](O)[C@H](O)C2NC(C)=O)OC(CO)[C@H](O)[C@@H]1O. The number of rotatable bonds is 58. The second-order valence-corrected chi connectivity index (χ2v) is 31.1. The van der Waals surface area contributed by atoms with Gasteiger partial charge in [0.25, 0.3) is 5.91 Å². The summed E-state index contributed by atoms with van der Waals surface area (Å²) in [6.07, 6.45) is -7.08. The highest BCUT2D eigenvalue weighted by Crippen LogP contribution is 2.37. The second-order valence-electron chi connectivity index (χ2n) is 28.3. The Morgan fingerprint density at radius 1 is 0.382 bits per heavy atom. The van der Waals surface area contributed by atoms with E-state index in [1.807, 2.05) is 0 Å².